The van der Waals surface area contributed by atoms with Crippen molar-refractivity contribution in [1.29, 1.82) is 0 Å². The van der Waals surface area contributed by atoms with E-state index in [1.54, 1.807) is 0 Å². The zero-order chi connectivity index (χ0) is 36.6. The molecule has 3 nitrogen and oxygen atoms in total. The van der Waals surface area contributed by atoms with Crippen molar-refractivity contribution in [3.63, 3.8) is 0 Å². The Hall–Kier alpha value is -7.36. The van der Waals surface area contributed by atoms with E-state index < -0.39 is 0 Å². The Labute approximate surface area is 319 Å². The summed E-state index contributed by atoms with van der Waals surface area (Å²) >= 11 is 0. The summed E-state index contributed by atoms with van der Waals surface area (Å²) in [4.78, 5) is 10.4. The Balaban J connectivity index is 1.18. The van der Waals surface area contributed by atoms with Crippen LogP contribution in [0.5, 0.6) is 0 Å². The lowest BCUT2D eigenvalue weighted by molar-refractivity contribution is 0.669. The van der Waals surface area contributed by atoms with Gasteiger partial charge in [0.05, 0.1) is 11.4 Å². The van der Waals surface area contributed by atoms with Crippen molar-refractivity contribution < 1.29 is 4.42 Å². The molecule has 2 aromatic heterocycles. The van der Waals surface area contributed by atoms with Crippen LogP contribution in [0.2, 0.25) is 0 Å². The van der Waals surface area contributed by atoms with Crippen LogP contribution in [-0.2, 0) is 0 Å². The lowest BCUT2D eigenvalue weighted by atomic mass is 9.92. The Morgan fingerprint density at radius 3 is 1.35 bits per heavy atom. The Morgan fingerprint density at radius 2 is 0.691 bits per heavy atom. The van der Waals surface area contributed by atoms with Crippen molar-refractivity contribution in [2.45, 2.75) is 0 Å². The summed E-state index contributed by atoms with van der Waals surface area (Å²) in [5.74, 6) is 0.683. The van der Waals surface area contributed by atoms with Gasteiger partial charge in [0.2, 0.25) is 0 Å². The molecule has 0 fully saturated rings. The van der Waals surface area contributed by atoms with Crippen molar-refractivity contribution in [3.05, 3.63) is 206 Å². The van der Waals surface area contributed by atoms with Gasteiger partial charge >= 0.3 is 0 Å². The number of furan rings is 1. The van der Waals surface area contributed by atoms with E-state index in [1.165, 1.54) is 16.7 Å². The van der Waals surface area contributed by atoms with Crippen LogP contribution in [-0.4, -0.2) is 9.97 Å². The zero-order valence-electron chi connectivity index (χ0n) is 29.9. The number of aromatic nitrogens is 2. The first-order chi connectivity index (χ1) is 27.2. The number of rotatable bonds is 7. The van der Waals surface area contributed by atoms with Gasteiger partial charge in [-0.15, -0.1) is 0 Å². The van der Waals surface area contributed by atoms with E-state index in [-0.39, 0.29) is 0 Å². The minimum atomic E-state index is 0.683. The second-order valence-electron chi connectivity index (χ2n) is 13.8. The molecule has 0 bridgehead atoms. The third-order valence-corrected chi connectivity index (χ3v) is 10.3. The smallest absolute Gasteiger partial charge is 0.160 e. The van der Waals surface area contributed by atoms with Crippen molar-refractivity contribution in [2.24, 2.45) is 0 Å². The predicted octanol–water partition coefficient (Wildman–Crippen LogP) is 14.0. The standard InChI is InChI=1S/C52H34N2O/c1-4-14-35(15-5-1)38-20-12-22-40(28-38)43-30-44(41-26-27-51-47(33-41)46-24-10-11-25-50(46)55-51)32-45(31-43)49-34-48(53-52(54-49)37-18-8-3-9-19-37)42-23-13-21-39(29-42)36-16-6-2-7-17-36/h1-34H. The Bertz CT molecular complexity index is 2970. The highest BCUT2D eigenvalue weighted by Gasteiger charge is 2.16. The summed E-state index contributed by atoms with van der Waals surface area (Å²) in [5.41, 5.74) is 15.6. The molecular weight excluding hydrogens is 669 g/mol. The molecule has 2 heterocycles. The normalized spacial score (nSPS) is 11.3. The molecule has 0 atom stereocenters. The SMILES string of the molecule is c1ccc(-c2cccc(-c3cc(-c4ccc5oc6ccccc6c5c4)cc(-c4cc(-c5cccc(-c6ccccc6)c5)nc(-c5ccccc5)n4)c3)c2)cc1. The van der Waals surface area contributed by atoms with Crippen LogP contribution in [0.25, 0.3) is 100 Å². The fraction of sp³-hybridized carbons (Fsp3) is 0. The zero-order valence-corrected chi connectivity index (χ0v) is 29.9. The molecule has 0 aliphatic carbocycles. The molecule has 258 valence electrons. The second-order valence-corrected chi connectivity index (χ2v) is 13.8. The highest BCUT2D eigenvalue weighted by Crippen LogP contribution is 2.38. The topological polar surface area (TPSA) is 38.9 Å². The van der Waals surface area contributed by atoms with Gasteiger partial charge in [0, 0.05) is 27.5 Å². The third kappa shape index (κ3) is 6.39. The van der Waals surface area contributed by atoms with Crippen LogP contribution in [0.15, 0.2) is 211 Å². The molecule has 0 amide bonds. The molecule has 0 unspecified atom stereocenters. The van der Waals surface area contributed by atoms with Gasteiger partial charge in [0.15, 0.2) is 5.82 Å². The van der Waals surface area contributed by atoms with Crippen molar-refractivity contribution in [3.8, 4) is 78.4 Å². The first kappa shape index (κ1) is 32.3. The average Bonchev–Trinajstić information content (AvgIpc) is 3.65. The Morgan fingerprint density at radius 1 is 0.255 bits per heavy atom. The van der Waals surface area contributed by atoms with Crippen LogP contribution in [0.1, 0.15) is 0 Å². The lowest BCUT2D eigenvalue weighted by Crippen LogP contribution is -1.97. The van der Waals surface area contributed by atoms with Crippen LogP contribution in [0.3, 0.4) is 0 Å². The van der Waals surface area contributed by atoms with Gasteiger partial charge in [-0.1, -0.05) is 152 Å². The van der Waals surface area contributed by atoms with Crippen LogP contribution < -0.4 is 0 Å². The van der Waals surface area contributed by atoms with E-state index in [9.17, 15) is 0 Å². The fourth-order valence-corrected chi connectivity index (χ4v) is 7.47. The number of para-hydroxylation sites is 1. The van der Waals surface area contributed by atoms with E-state index in [0.717, 1.165) is 77.8 Å². The van der Waals surface area contributed by atoms with Crippen molar-refractivity contribution in [1.82, 2.24) is 9.97 Å². The first-order valence-electron chi connectivity index (χ1n) is 18.6. The highest BCUT2D eigenvalue weighted by molar-refractivity contribution is 6.06. The highest BCUT2D eigenvalue weighted by atomic mass is 16.3. The fourth-order valence-electron chi connectivity index (χ4n) is 7.47. The van der Waals surface area contributed by atoms with Crippen molar-refractivity contribution in [2.75, 3.05) is 0 Å². The molecule has 8 aromatic carbocycles. The number of fused-ring (bicyclic) bond motifs is 3. The molecule has 0 aliphatic heterocycles. The van der Waals surface area contributed by atoms with E-state index >= 15 is 0 Å². The molecule has 10 aromatic rings. The summed E-state index contributed by atoms with van der Waals surface area (Å²) < 4.78 is 6.21. The van der Waals surface area contributed by atoms with E-state index in [2.05, 4.69) is 170 Å². The van der Waals surface area contributed by atoms with Crippen LogP contribution in [0, 0.1) is 0 Å². The van der Waals surface area contributed by atoms with Gasteiger partial charge in [0.1, 0.15) is 11.2 Å². The summed E-state index contributed by atoms with van der Waals surface area (Å²) in [6.45, 7) is 0. The average molecular weight is 703 g/mol. The lowest BCUT2D eigenvalue weighted by Gasteiger charge is -2.14. The van der Waals surface area contributed by atoms with Gasteiger partial charge in [-0.25, -0.2) is 9.97 Å². The maximum absolute atomic E-state index is 6.21. The molecule has 0 spiro atoms. The van der Waals surface area contributed by atoms with Gasteiger partial charge in [-0.05, 0) is 99.1 Å². The van der Waals surface area contributed by atoms with Crippen LogP contribution >= 0.6 is 0 Å². The molecule has 0 saturated heterocycles. The monoisotopic (exact) mass is 702 g/mol. The Kier molecular flexibility index (Phi) is 8.16. The van der Waals surface area contributed by atoms with E-state index in [0.29, 0.717) is 5.82 Å². The largest absolute Gasteiger partial charge is 0.456 e. The number of benzene rings is 8. The molecule has 55 heavy (non-hydrogen) atoms. The summed E-state index contributed by atoms with van der Waals surface area (Å²) in [5, 5.41) is 2.21. The second kappa shape index (κ2) is 13.9. The summed E-state index contributed by atoms with van der Waals surface area (Å²) in [6, 6.07) is 72.4. The van der Waals surface area contributed by atoms with Gasteiger partial charge in [0.25, 0.3) is 0 Å². The quantitative estimate of drug-likeness (QED) is 0.166. The number of hydrogen-bond acceptors (Lipinski definition) is 3. The molecule has 0 aliphatic rings. The first-order valence-corrected chi connectivity index (χ1v) is 18.6. The van der Waals surface area contributed by atoms with Crippen molar-refractivity contribution >= 4 is 21.9 Å². The minimum Gasteiger partial charge on any atom is -0.456 e. The van der Waals surface area contributed by atoms with Gasteiger partial charge in [-0.2, -0.15) is 0 Å². The number of nitrogens with zero attached hydrogens (tertiary/aromatic N) is 2. The summed E-state index contributed by atoms with van der Waals surface area (Å²) in [7, 11) is 0. The van der Waals surface area contributed by atoms with Gasteiger partial charge < -0.3 is 4.42 Å². The molecule has 3 heteroatoms. The predicted molar refractivity (Wildman–Crippen MR) is 227 cm³/mol. The number of hydrogen-bond donors (Lipinski definition) is 0. The molecule has 0 radical (unpaired) electrons. The maximum Gasteiger partial charge on any atom is 0.160 e. The third-order valence-electron chi connectivity index (χ3n) is 10.3. The maximum atomic E-state index is 6.21. The molecule has 0 saturated carbocycles. The van der Waals surface area contributed by atoms with E-state index in [1.807, 2.05) is 36.4 Å². The molecular formula is C52H34N2O. The molecule has 10 rings (SSSR count). The van der Waals surface area contributed by atoms with E-state index in [4.69, 9.17) is 14.4 Å². The molecule has 0 N–H and O–H groups in total. The van der Waals surface area contributed by atoms with Crippen LogP contribution in [0.4, 0.5) is 0 Å². The minimum absolute atomic E-state index is 0.683. The summed E-state index contributed by atoms with van der Waals surface area (Å²) in [6.07, 6.45) is 0. The van der Waals surface area contributed by atoms with Gasteiger partial charge in [-0.3, -0.25) is 0 Å².